The molecule has 0 aromatic heterocycles. The monoisotopic (exact) mass is 353 g/mol. The summed E-state index contributed by atoms with van der Waals surface area (Å²) in [6.45, 7) is 9.15. The van der Waals surface area contributed by atoms with Crippen molar-refractivity contribution in [2.45, 2.75) is 26.9 Å². The number of hydrogen-bond acceptors (Lipinski definition) is 3. The summed E-state index contributed by atoms with van der Waals surface area (Å²) in [7, 11) is 0. The highest BCUT2D eigenvalue weighted by Gasteiger charge is 2.21. The second kappa shape index (κ2) is 8.13. The molecule has 5 nitrogen and oxygen atoms in total. The summed E-state index contributed by atoms with van der Waals surface area (Å²) in [5, 5.41) is 2.97. The summed E-state index contributed by atoms with van der Waals surface area (Å²) in [5.74, 6) is 0.889. The van der Waals surface area contributed by atoms with E-state index >= 15 is 0 Å². The van der Waals surface area contributed by atoms with Gasteiger partial charge in [0.25, 0.3) is 0 Å². The van der Waals surface area contributed by atoms with Crippen molar-refractivity contribution in [2.24, 2.45) is 0 Å². The zero-order valence-corrected chi connectivity index (χ0v) is 15.7. The highest BCUT2D eigenvalue weighted by atomic mass is 16.5. The molecule has 1 heterocycles. The molecule has 0 spiro atoms. The first-order chi connectivity index (χ1) is 12.5. The van der Waals surface area contributed by atoms with E-state index < -0.39 is 0 Å². The lowest BCUT2D eigenvalue weighted by molar-refractivity contribution is 0.208. The number of ether oxygens (including phenoxy) is 1. The van der Waals surface area contributed by atoms with Gasteiger partial charge in [-0.15, -0.1) is 0 Å². The Morgan fingerprint density at radius 3 is 2.15 bits per heavy atom. The van der Waals surface area contributed by atoms with E-state index in [1.54, 1.807) is 0 Å². The Morgan fingerprint density at radius 2 is 1.58 bits per heavy atom. The van der Waals surface area contributed by atoms with Crippen molar-refractivity contribution in [3.63, 3.8) is 0 Å². The SMILES string of the molecule is Cc1ccc(NC(=O)N2CCN(c3ccc(OC(C)C)cc3)CC2)cc1. The minimum Gasteiger partial charge on any atom is -0.491 e. The number of piperazine rings is 1. The van der Waals surface area contributed by atoms with E-state index in [2.05, 4.69) is 22.3 Å². The van der Waals surface area contributed by atoms with Gasteiger partial charge >= 0.3 is 6.03 Å². The molecule has 5 heteroatoms. The van der Waals surface area contributed by atoms with Gasteiger partial charge in [0.15, 0.2) is 0 Å². The zero-order chi connectivity index (χ0) is 18.5. The highest BCUT2D eigenvalue weighted by molar-refractivity contribution is 5.89. The third-order valence-electron chi connectivity index (χ3n) is 4.44. The van der Waals surface area contributed by atoms with E-state index in [1.807, 2.05) is 62.1 Å². The molecule has 138 valence electrons. The number of urea groups is 1. The molecule has 0 atom stereocenters. The summed E-state index contributed by atoms with van der Waals surface area (Å²) < 4.78 is 5.69. The molecule has 0 unspecified atom stereocenters. The molecular weight excluding hydrogens is 326 g/mol. The van der Waals surface area contributed by atoms with Crippen LogP contribution in [-0.2, 0) is 0 Å². The van der Waals surface area contributed by atoms with E-state index in [4.69, 9.17) is 4.74 Å². The molecule has 1 fully saturated rings. The Bertz CT molecular complexity index is 718. The molecule has 0 saturated carbocycles. The minimum atomic E-state index is -0.0332. The van der Waals surface area contributed by atoms with E-state index in [0.29, 0.717) is 13.1 Å². The third-order valence-corrected chi connectivity index (χ3v) is 4.44. The topological polar surface area (TPSA) is 44.8 Å². The molecule has 1 saturated heterocycles. The van der Waals surface area contributed by atoms with Crippen molar-refractivity contribution in [3.05, 3.63) is 54.1 Å². The fourth-order valence-corrected chi connectivity index (χ4v) is 3.01. The summed E-state index contributed by atoms with van der Waals surface area (Å²) in [6, 6.07) is 16.0. The molecule has 0 aliphatic carbocycles. The van der Waals surface area contributed by atoms with Gasteiger partial charge in [-0.25, -0.2) is 4.79 Å². The largest absolute Gasteiger partial charge is 0.491 e. The van der Waals surface area contributed by atoms with Crippen LogP contribution in [0.1, 0.15) is 19.4 Å². The maximum Gasteiger partial charge on any atom is 0.321 e. The number of carbonyl (C=O) groups is 1. The standard InChI is InChI=1S/C21H27N3O2/c1-16(2)26-20-10-8-19(9-11-20)23-12-14-24(15-13-23)21(25)22-18-6-4-17(3)5-7-18/h4-11,16H,12-15H2,1-3H3,(H,22,25). The molecule has 2 amide bonds. The molecule has 3 rings (SSSR count). The molecule has 1 N–H and O–H groups in total. The van der Waals surface area contributed by atoms with Crippen LogP contribution in [0.4, 0.5) is 16.2 Å². The first-order valence-electron chi connectivity index (χ1n) is 9.15. The second-order valence-electron chi connectivity index (χ2n) is 6.93. The van der Waals surface area contributed by atoms with E-state index in [-0.39, 0.29) is 12.1 Å². The fraction of sp³-hybridized carbons (Fsp3) is 0.381. The lowest BCUT2D eigenvalue weighted by Crippen LogP contribution is -2.50. The number of rotatable bonds is 4. The Hall–Kier alpha value is -2.69. The van der Waals surface area contributed by atoms with Crippen LogP contribution in [0.2, 0.25) is 0 Å². The van der Waals surface area contributed by atoms with Crippen LogP contribution in [0, 0.1) is 6.92 Å². The predicted octanol–water partition coefficient (Wildman–Crippen LogP) is 4.14. The summed E-state index contributed by atoms with van der Waals surface area (Å²) >= 11 is 0. The first kappa shape index (κ1) is 18.1. The Labute approximate surface area is 155 Å². The van der Waals surface area contributed by atoms with Crippen molar-refractivity contribution in [1.29, 1.82) is 0 Å². The van der Waals surface area contributed by atoms with E-state index in [1.165, 1.54) is 11.3 Å². The van der Waals surface area contributed by atoms with Gasteiger partial charge in [-0.05, 0) is 57.2 Å². The predicted molar refractivity (Wildman–Crippen MR) is 106 cm³/mol. The minimum absolute atomic E-state index is 0.0332. The number of benzene rings is 2. The maximum atomic E-state index is 12.4. The Kier molecular flexibility index (Phi) is 5.66. The van der Waals surface area contributed by atoms with Crippen LogP contribution in [0.15, 0.2) is 48.5 Å². The quantitative estimate of drug-likeness (QED) is 0.899. The van der Waals surface area contributed by atoms with Gasteiger partial charge in [0.1, 0.15) is 5.75 Å². The van der Waals surface area contributed by atoms with Crippen LogP contribution in [0.5, 0.6) is 5.75 Å². The maximum absolute atomic E-state index is 12.4. The number of carbonyl (C=O) groups excluding carboxylic acids is 1. The number of hydrogen-bond donors (Lipinski definition) is 1. The van der Waals surface area contributed by atoms with Crippen LogP contribution in [-0.4, -0.2) is 43.2 Å². The molecule has 1 aliphatic heterocycles. The number of nitrogens with one attached hydrogen (secondary N) is 1. The lowest BCUT2D eigenvalue weighted by Gasteiger charge is -2.36. The van der Waals surface area contributed by atoms with Crippen molar-refractivity contribution < 1.29 is 9.53 Å². The molecular formula is C21H27N3O2. The van der Waals surface area contributed by atoms with Gasteiger partial charge in [0.2, 0.25) is 0 Å². The normalized spacial score (nSPS) is 14.5. The van der Waals surface area contributed by atoms with Crippen molar-refractivity contribution in [1.82, 2.24) is 4.90 Å². The van der Waals surface area contributed by atoms with Gasteiger partial charge in [0.05, 0.1) is 6.10 Å². The van der Waals surface area contributed by atoms with Crippen LogP contribution >= 0.6 is 0 Å². The van der Waals surface area contributed by atoms with E-state index in [0.717, 1.165) is 24.5 Å². The molecule has 0 radical (unpaired) electrons. The van der Waals surface area contributed by atoms with Gasteiger partial charge in [-0.3, -0.25) is 0 Å². The van der Waals surface area contributed by atoms with Crippen molar-refractivity contribution in [2.75, 3.05) is 36.4 Å². The summed E-state index contributed by atoms with van der Waals surface area (Å²) in [5.41, 5.74) is 3.19. The molecule has 0 bridgehead atoms. The Balaban J connectivity index is 1.52. The van der Waals surface area contributed by atoms with Gasteiger partial charge in [-0.2, -0.15) is 0 Å². The molecule has 2 aromatic carbocycles. The average Bonchev–Trinajstić information content (AvgIpc) is 2.64. The number of aryl methyl sites for hydroxylation is 1. The average molecular weight is 353 g/mol. The summed E-state index contributed by atoms with van der Waals surface area (Å²) in [6.07, 6.45) is 0.177. The third kappa shape index (κ3) is 4.69. The lowest BCUT2D eigenvalue weighted by atomic mass is 10.2. The van der Waals surface area contributed by atoms with E-state index in [9.17, 15) is 4.79 Å². The van der Waals surface area contributed by atoms with Crippen molar-refractivity contribution >= 4 is 17.4 Å². The number of amides is 2. The van der Waals surface area contributed by atoms with Crippen LogP contribution < -0.4 is 15.0 Å². The number of nitrogens with zero attached hydrogens (tertiary/aromatic N) is 2. The number of anilines is 2. The van der Waals surface area contributed by atoms with Gasteiger partial charge in [0, 0.05) is 37.6 Å². The van der Waals surface area contributed by atoms with Crippen molar-refractivity contribution in [3.8, 4) is 5.75 Å². The zero-order valence-electron chi connectivity index (χ0n) is 15.7. The fourth-order valence-electron chi connectivity index (χ4n) is 3.01. The van der Waals surface area contributed by atoms with Crippen LogP contribution in [0.3, 0.4) is 0 Å². The molecule has 26 heavy (non-hydrogen) atoms. The van der Waals surface area contributed by atoms with Gasteiger partial charge < -0.3 is 19.9 Å². The second-order valence-corrected chi connectivity index (χ2v) is 6.93. The molecule has 2 aromatic rings. The summed E-state index contributed by atoms with van der Waals surface area (Å²) in [4.78, 5) is 16.6. The van der Waals surface area contributed by atoms with Gasteiger partial charge in [-0.1, -0.05) is 17.7 Å². The molecule has 1 aliphatic rings. The first-order valence-corrected chi connectivity index (χ1v) is 9.15. The highest BCUT2D eigenvalue weighted by Crippen LogP contribution is 2.21. The smallest absolute Gasteiger partial charge is 0.321 e. The Morgan fingerprint density at radius 1 is 0.962 bits per heavy atom. The van der Waals surface area contributed by atoms with Crippen LogP contribution in [0.25, 0.3) is 0 Å².